The molecule has 0 radical (unpaired) electrons. The Labute approximate surface area is 212 Å². The Morgan fingerprint density at radius 2 is 1.69 bits per heavy atom. The van der Waals surface area contributed by atoms with Gasteiger partial charge in [-0.1, -0.05) is 24.3 Å². The minimum absolute atomic E-state index is 0.0208. The molecule has 2 fully saturated rings. The molecule has 10 nitrogen and oxygen atoms in total. The van der Waals surface area contributed by atoms with Gasteiger partial charge in [0, 0.05) is 38.4 Å². The van der Waals surface area contributed by atoms with Gasteiger partial charge in [-0.05, 0) is 51.8 Å². The SMILES string of the molecule is CC(c1ccc([C@H](C)Nc2nccc(N3CCOC3=O)n2)cc1)N1CCN(C(=O)OC(C)(C)C)CC1. The van der Waals surface area contributed by atoms with Crippen LogP contribution in [0.3, 0.4) is 0 Å². The van der Waals surface area contributed by atoms with E-state index in [0.717, 1.165) is 18.7 Å². The minimum Gasteiger partial charge on any atom is -0.447 e. The summed E-state index contributed by atoms with van der Waals surface area (Å²) in [6, 6.07) is 10.4. The van der Waals surface area contributed by atoms with Crippen LogP contribution in [0.5, 0.6) is 0 Å². The van der Waals surface area contributed by atoms with Gasteiger partial charge in [-0.15, -0.1) is 0 Å². The Morgan fingerprint density at radius 1 is 1.03 bits per heavy atom. The van der Waals surface area contributed by atoms with Crippen molar-refractivity contribution in [1.82, 2.24) is 19.8 Å². The number of benzene rings is 1. The highest BCUT2D eigenvalue weighted by Gasteiger charge is 2.28. The van der Waals surface area contributed by atoms with Crippen molar-refractivity contribution >= 4 is 24.0 Å². The molecule has 2 aliphatic rings. The second-order valence-corrected chi connectivity index (χ2v) is 10.2. The zero-order valence-corrected chi connectivity index (χ0v) is 21.7. The van der Waals surface area contributed by atoms with Crippen LogP contribution in [-0.2, 0) is 9.47 Å². The van der Waals surface area contributed by atoms with Crippen LogP contribution < -0.4 is 10.2 Å². The summed E-state index contributed by atoms with van der Waals surface area (Å²) in [6.45, 7) is 13.7. The molecule has 2 saturated heterocycles. The van der Waals surface area contributed by atoms with Gasteiger partial charge in [-0.25, -0.2) is 14.6 Å². The minimum atomic E-state index is -0.480. The first-order chi connectivity index (χ1) is 17.1. The molecule has 1 aromatic heterocycles. The highest BCUT2D eigenvalue weighted by atomic mass is 16.6. The molecule has 2 amide bonds. The molecule has 194 valence electrons. The summed E-state index contributed by atoms with van der Waals surface area (Å²) in [4.78, 5) is 38.6. The van der Waals surface area contributed by atoms with E-state index in [2.05, 4.69) is 58.3 Å². The van der Waals surface area contributed by atoms with Gasteiger partial charge in [0.2, 0.25) is 5.95 Å². The lowest BCUT2D eigenvalue weighted by atomic mass is 10.0. The Balaban J connectivity index is 1.32. The normalized spacial score (nSPS) is 18.5. The molecular weight excluding hydrogens is 460 g/mol. The van der Waals surface area contributed by atoms with Gasteiger partial charge < -0.3 is 19.7 Å². The van der Waals surface area contributed by atoms with Crippen molar-refractivity contribution in [2.75, 3.05) is 49.5 Å². The van der Waals surface area contributed by atoms with Gasteiger partial charge in [-0.3, -0.25) is 9.80 Å². The number of hydrogen-bond acceptors (Lipinski definition) is 8. The van der Waals surface area contributed by atoms with Gasteiger partial charge >= 0.3 is 12.2 Å². The Morgan fingerprint density at radius 3 is 2.31 bits per heavy atom. The summed E-state index contributed by atoms with van der Waals surface area (Å²) in [5, 5.41) is 3.32. The van der Waals surface area contributed by atoms with Gasteiger partial charge in [0.25, 0.3) is 0 Å². The summed E-state index contributed by atoms with van der Waals surface area (Å²) in [7, 11) is 0. The lowest BCUT2D eigenvalue weighted by molar-refractivity contribution is 0.0110. The number of cyclic esters (lactones) is 1. The van der Waals surface area contributed by atoms with Crippen molar-refractivity contribution in [1.29, 1.82) is 0 Å². The quantitative estimate of drug-likeness (QED) is 0.635. The third-order valence-electron chi connectivity index (χ3n) is 6.46. The fourth-order valence-electron chi connectivity index (χ4n) is 4.34. The number of nitrogens with zero attached hydrogens (tertiary/aromatic N) is 5. The number of hydrogen-bond donors (Lipinski definition) is 1. The van der Waals surface area contributed by atoms with E-state index < -0.39 is 5.60 Å². The summed E-state index contributed by atoms with van der Waals surface area (Å²) in [6.07, 6.45) is 1.01. The summed E-state index contributed by atoms with van der Waals surface area (Å²) >= 11 is 0. The van der Waals surface area contributed by atoms with Crippen molar-refractivity contribution in [2.45, 2.75) is 52.3 Å². The number of anilines is 2. The van der Waals surface area contributed by atoms with E-state index in [1.807, 2.05) is 20.8 Å². The molecule has 1 unspecified atom stereocenters. The van der Waals surface area contributed by atoms with E-state index in [4.69, 9.17) is 9.47 Å². The fraction of sp³-hybridized carbons (Fsp3) is 0.538. The van der Waals surface area contributed by atoms with Gasteiger partial charge in [0.05, 0.1) is 12.6 Å². The second-order valence-electron chi connectivity index (χ2n) is 10.2. The van der Waals surface area contributed by atoms with Crippen LogP contribution in [0.15, 0.2) is 36.5 Å². The monoisotopic (exact) mass is 496 g/mol. The first-order valence-corrected chi connectivity index (χ1v) is 12.5. The van der Waals surface area contributed by atoms with E-state index in [-0.39, 0.29) is 24.3 Å². The second kappa shape index (κ2) is 10.7. The molecule has 3 heterocycles. The maximum atomic E-state index is 12.3. The third-order valence-corrected chi connectivity index (χ3v) is 6.46. The first-order valence-electron chi connectivity index (χ1n) is 12.5. The highest BCUT2D eigenvalue weighted by Crippen LogP contribution is 2.25. The predicted octanol–water partition coefficient (Wildman–Crippen LogP) is 4.22. The van der Waals surface area contributed by atoms with Crippen molar-refractivity contribution in [2.24, 2.45) is 0 Å². The van der Waals surface area contributed by atoms with Crippen molar-refractivity contribution in [3.05, 3.63) is 47.7 Å². The molecule has 2 atom stereocenters. The molecule has 0 spiro atoms. The Bertz CT molecular complexity index is 1060. The molecular formula is C26H36N6O4. The summed E-state index contributed by atoms with van der Waals surface area (Å²) < 4.78 is 10.5. The Kier molecular flexibility index (Phi) is 7.63. The van der Waals surface area contributed by atoms with E-state index in [1.165, 1.54) is 10.5 Å². The zero-order chi connectivity index (χ0) is 25.9. The van der Waals surface area contributed by atoms with Crippen molar-refractivity contribution in [3.8, 4) is 0 Å². The summed E-state index contributed by atoms with van der Waals surface area (Å²) in [5.41, 5.74) is 1.85. The van der Waals surface area contributed by atoms with Crippen LogP contribution in [-0.4, -0.2) is 76.9 Å². The standard InChI is InChI=1S/C26H36N6O4/c1-18(28-23-27-11-10-22(29-23)32-16-17-35-25(32)34)20-6-8-21(9-7-20)19(2)30-12-14-31(15-13-30)24(33)36-26(3,4)5/h6-11,18-19H,12-17H2,1-5H3,(H,27,28,29)/t18-,19?/m0/s1. The lowest BCUT2D eigenvalue weighted by Crippen LogP contribution is -2.50. The predicted molar refractivity (Wildman–Crippen MR) is 137 cm³/mol. The van der Waals surface area contributed by atoms with E-state index >= 15 is 0 Å². The molecule has 2 aliphatic heterocycles. The first kappa shape index (κ1) is 25.7. The molecule has 0 aliphatic carbocycles. The molecule has 0 bridgehead atoms. The van der Waals surface area contributed by atoms with Crippen molar-refractivity contribution in [3.63, 3.8) is 0 Å². The van der Waals surface area contributed by atoms with Crippen molar-refractivity contribution < 1.29 is 19.1 Å². The average Bonchev–Trinajstić information content (AvgIpc) is 3.29. The fourth-order valence-corrected chi connectivity index (χ4v) is 4.34. The summed E-state index contributed by atoms with van der Waals surface area (Å²) in [5.74, 6) is 0.984. The number of ether oxygens (including phenoxy) is 2. The number of aromatic nitrogens is 2. The van der Waals surface area contributed by atoms with Gasteiger partial charge in [0.1, 0.15) is 18.0 Å². The Hall–Kier alpha value is -3.40. The van der Waals surface area contributed by atoms with Crippen LogP contribution >= 0.6 is 0 Å². The molecule has 10 heteroatoms. The van der Waals surface area contributed by atoms with E-state index in [1.54, 1.807) is 17.2 Å². The third kappa shape index (κ3) is 6.23. The number of nitrogens with one attached hydrogen (secondary N) is 1. The number of amides is 2. The maximum Gasteiger partial charge on any atom is 0.415 e. The van der Waals surface area contributed by atoms with Crippen LogP contribution in [0.4, 0.5) is 21.4 Å². The molecule has 36 heavy (non-hydrogen) atoms. The lowest BCUT2D eigenvalue weighted by Gasteiger charge is -2.38. The molecule has 4 rings (SSSR count). The molecule has 2 aromatic rings. The molecule has 0 saturated carbocycles. The highest BCUT2D eigenvalue weighted by molar-refractivity contribution is 5.88. The van der Waals surface area contributed by atoms with Crippen LogP contribution in [0, 0.1) is 0 Å². The van der Waals surface area contributed by atoms with E-state index in [0.29, 0.717) is 38.0 Å². The average molecular weight is 497 g/mol. The van der Waals surface area contributed by atoms with E-state index in [9.17, 15) is 9.59 Å². The van der Waals surface area contributed by atoms with Gasteiger partial charge in [-0.2, -0.15) is 4.98 Å². The number of piperazine rings is 1. The van der Waals surface area contributed by atoms with Crippen LogP contribution in [0.1, 0.15) is 57.8 Å². The zero-order valence-electron chi connectivity index (χ0n) is 21.7. The molecule has 1 N–H and O–H groups in total. The van der Waals surface area contributed by atoms with Gasteiger partial charge in [0.15, 0.2) is 0 Å². The maximum absolute atomic E-state index is 12.3. The smallest absolute Gasteiger partial charge is 0.415 e. The number of carbonyl (C=O) groups excluding carboxylic acids is 2. The molecule has 1 aromatic carbocycles. The number of rotatable bonds is 6. The van der Waals surface area contributed by atoms with Crippen LogP contribution in [0.2, 0.25) is 0 Å². The largest absolute Gasteiger partial charge is 0.447 e. The van der Waals surface area contributed by atoms with Crippen LogP contribution in [0.25, 0.3) is 0 Å². The number of carbonyl (C=O) groups is 2. The topological polar surface area (TPSA) is 100 Å².